The maximum atomic E-state index is 11.2. The zero-order valence-corrected chi connectivity index (χ0v) is 7.43. The largest absolute Gasteiger partial charge is 0.478 e. The van der Waals surface area contributed by atoms with Crippen molar-refractivity contribution in [3.05, 3.63) is 29.3 Å². The van der Waals surface area contributed by atoms with Crippen LogP contribution in [0.2, 0.25) is 0 Å². The van der Waals surface area contributed by atoms with Crippen molar-refractivity contribution >= 4 is 23.5 Å². The van der Waals surface area contributed by atoms with Gasteiger partial charge in [0.15, 0.2) is 5.78 Å². The molecule has 1 aromatic rings. The second-order valence-corrected chi connectivity index (χ2v) is 3.75. The standard InChI is InChI=1S/C9H6O3S/c10-7-4-13-8-2-1-5(9(11)12)3-6(7)8/h1-3H,4H2,(H,11,12). The first kappa shape index (κ1) is 8.31. The summed E-state index contributed by atoms with van der Waals surface area (Å²) in [6, 6.07) is 4.65. The first-order valence-electron chi connectivity index (χ1n) is 3.72. The van der Waals surface area contributed by atoms with E-state index in [1.54, 1.807) is 6.07 Å². The molecule has 1 heterocycles. The van der Waals surface area contributed by atoms with E-state index >= 15 is 0 Å². The van der Waals surface area contributed by atoms with E-state index in [1.807, 2.05) is 0 Å². The van der Waals surface area contributed by atoms with Gasteiger partial charge in [-0.15, -0.1) is 11.8 Å². The van der Waals surface area contributed by atoms with Crippen LogP contribution in [0.3, 0.4) is 0 Å². The summed E-state index contributed by atoms with van der Waals surface area (Å²) in [4.78, 5) is 22.7. The van der Waals surface area contributed by atoms with Gasteiger partial charge in [-0.05, 0) is 18.2 Å². The van der Waals surface area contributed by atoms with E-state index in [1.165, 1.54) is 23.9 Å². The molecule has 0 amide bonds. The molecule has 1 aromatic carbocycles. The van der Waals surface area contributed by atoms with Crippen molar-refractivity contribution in [2.75, 3.05) is 5.75 Å². The number of fused-ring (bicyclic) bond motifs is 1. The fraction of sp³-hybridized carbons (Fsp3) is 0.111. The Balaban J connectivity index is 2.54. The lowest BCUT2D eigenvalue weighted by Crippen LogP contribution is -2.00. The van der Waals surface area contributed by atoms with Crippen LogP contribution in [-0.2, 0) is 0 Å². The van der Waals surface area contributed by atoms with Crippen LogP contribution in [0, 0.1) is 0 Å². The summed E-state index contributed by atoms with van der Waals surface area (Å²) in [5.74, 6) is -0.547. The smallest absolute Gasteiger partial charge is 0.335 e. The molecule has 0 aliphatic carbocycles. The minimum atomic E-state index is -0.993. The molecule has 2 rings (SSSR count). The first-order valence-corrected chi connectivity index (χ1v) is 4.70. The predicted octanol–water partition coefficient (Wildman–Crippen LogP) is 1.67. The average Bonchev–Trinajstić information content (AvgIpc) is 2.47. The normalized spacial score (nSPS) is 14.3. The number of aromatic carboxylic acids is 1. The van der Waals surface area contributed by atoms with Gasteiger partial charge in [0.25, 0.3) is 0 Å². The number of ketones is 1. The molecule has 3 nitrogen and oxygen atoms in total. The van der Waals surface area contributed by atoms with Gasteiger partial charge in [-0.3, -0.25) is 4.79 Å². The third kappa shape index (κ3) is 1.33. The summed E-state index contributed by atoms with van der Waals surface area (Å²) in [6.07, 6.45) is 0. The molecule has 0 atom stereocenters. The number of thioether (sulfide) groups is 1. The minimum absolute atomic E-state index is 0.0168. The Kier molecular flexibility index (Phi) is 1.84. The fourth-order valence-electron chi connectivity index (χ4n) is 1.23. The van der Waals surface area contributed by atoms with Gasteiger partial charge in [0.1, 0.15) is 0 Å². The van der Waals surface area contributed by atoms with E-state index < -0.39 is 5.97 Å². The zero-order valence-electron chi connectivity index (χ0n) is 6.61. The van der Waals surface area contributed by atoms with Crippen LogP contribution in [0.25, 0.3) is 0 Å². The Bertz CT molecular complexity index is 398. The van der Waals surface area contributed by atoms with Crippen molar-refractivity contribution in [3.8, 4) is 0 Å². The summed E-state index contributed by atoms with van der Waals surface area (Å²) in [5, 5.41) is 8.68. The fourth-order valence-corrected chi connectivity index (χ4v) is 2.16. The molecule has 1 aliphatic heterocycles. The third-order valence-electron chi connectivity index (χ3n) is 1.89. The molecule has 1 N–H and O–H groups in total. The summed E-state index contributed by atoms with van der Waals surface area (Å²) in [6.45, 7) is 0. The summed E-state index contributed by atoms with van der Waals surface area (Å²) < 4.78 is 0. The Labute approximate surface area is 78.8 Å². The quantitative estimate of drug-likeness (QED) is 0.738. The molecule has 4 heteroatoms. The van der Waals surface area contributed by atoms with Gasteiger partial charge >= 0.3 is 5.97 Å². The van der Waals surface area contributed by atoms with Crippen LogP contribution in [0.1, 0.15) is 20.7 Å². The third-order valence-corrected chi connectivity index (χ3v) is 2.96. The van der Waals surface area contributed by atoms with Gasteiger partial charge in [0.2, 0.25) is 0 Å². The predicted molar refractivity (Wildman–Crippen MR) is 48.5 cm³/mol. The average molecular weight is 194 g/mol. The highest BCUT2D eigenvalue weighted by Gasteiger charge is 2.21. The van der Waals surface area contributed by atoms with Crippen LogP contribution in [0.4, 0.5) is 0 Å². The molecule has 0 bridgehead atoms. The SMILES string of the molecule is O=C(O)c1ccc2c(c1)C(=O)CS2. The zero-order chi connectivity index (χ0) is 9.42. The molecule has 13 heavy (non-hydrogen) atoms. The Morgan fingerprint density at radius 3 is 2.92 bits per heavy atom. The topological polar surface area (TPSA) is 54.4 Å². The van der Waals surface area contributed by atoms with E-state index in [4.69, 9.17) is 5.11 Å². The Morgan fingerprint density at radius 2 is 2.23 bits per heavy atom. The molecule has 66 valence electrons. The van der Waals surface area contributed by atoms with Crippen LogP contribution < -0.4 is 0 Å². The lowest BCUT2D eigenvalue weighted by molar-refractivity contribution is 0.0697. The molecule has 0 unspecified atom stereocenters. The van der Waals surface area contributed by atoms with Crippen LogP contribution in [0.15, 0.2) is 23.1 Å². The number of hydrogen-bond acceptors (Lipinski definition) is 3. The van der Waals surface area contributed by atoms with Gasteiger partial charge < -0.3 is 5.11 Å². The lowest BCUT2D eigenvalue weighted by Gasteiger charge is -1.97. The molecule has 0 fully saturated rings. The number of rotatable bonds is 1. The number of carboxylic acids is 1. The monoisotopic (exact) mass is 194 g/mol. The van der Waals surface area contributed by atoms with E-state index in [0.717, 1.165) is 4.90 Å². The van der Waals surface area contributed by atoms with Crippen molar-refractivity contribution in [3.63, 3.8) is 0 Å². The molecular formula is C9H6O3S. The van der Waals surface area contributed by atoms with Crippen molar-refractivity contribution in [1.29, 1.82) is 0 Å². The van der Waals surface area contributed by atoms with E-state index in [-0.39, 0.29) is 11.3 Å². The lowest BCUT2D eigenvalue weighted by atomic mass is 10.1. The maximum Gasteiger partial charge on any atom is 0.335 e. The van der Waals surface area contributed by atoms with Gasteiger partial charge in [-0.2, -0.15) is 0 Å². The minimum Gasteiger partial charge on any atom is -0.478 e. The molecular weight excluding hydrogens is 188 g/mol. The second kappa shape index (κ2) is 2.88. The number of carbonyl (C=O) groups excluding carboxylic acids is 1. The molecule has 0 saturated heterocycles. The van der Waals surface area contributed by atoms with Crippen LogP contribution in [-0.4, -0.2) is 22.6 Å². The Hall–Kier alpha value is -1.29. The van der Waals surface area contributed by atoms with E-state index in [0.29, 0.717) is 11.3 Å². The van der Waals surface area contributed by atoms with Crippen molar-refractivity contribution in [1.82, 2.24) is 0 Å². The van der Waals surface area contributed by atoms with Gasteiger partial charge in [-0.25, -0.2) is 4.79 Å². The van der Waals surface area contributed by atoms with Gasteiger partial charge in [0, 0.05) is 10.5 Å². The first-order chi connectivity index (χ1) is 6.18. The number of benzene rings is 1. The number of Topliss-reactive ketones (excluding diaryl/α,β-unsaturated/α-hetero) is 1. The molecule has 1 aliphatic rings. The molecule has 0 radical (unpaired) electrons. The number of carboxylic acid groups (broad SMARTS) is 1. The van der Waals surface area contributed by atoms with Crippen molar-refractivity contribution in [2.24, 2.45) is 0 Å². The molecule has 0 saturated carbocycles. The number of carbonyl (C=O) groups is 2. The maximum absolute atomic E-state index is 11.2. The number of hydrogen-bond donors (Lipinski definition) is 1. The molecule has 0 spiro atoms. The van der Waals surface area contributed by atoms with Crippen molar-refractivity contribution in [2.45, 2.75) is 4.90 Å². The van der Waals surface area contributed by atoms with E-state index in [2.05, 4.69) is 0 Å². The summed E-state index contributed by atoms with van der Waals surface area (Å²) in [5.41, 5.74) is 0.722. The van der Waals surface area contributed by atoms with Crippen molar-refractivity contribution < 1.29 is 14.7 Å². The highest BCUT2D eigenvalue weighted by atomic mass is 32.2. The van der Waals surface area contributed by atoms with Gasteiger partial charge in [-0.1, -0.05) is 0 Å². The summed E-state index contributed by atoms with van der Waals surface area (Å²) in [7, 11) is 0. The van der Waals surface area contributed by atoms with Crippen LogP contribution in [0.5, 0.6) is 0 Å². The molecule has 0 aromatic heterocycles. The highest BCUT2D eigenvalue weighted by Crippen LogP contribution is 2.31. The second-order valence-electron chi connectivity index (χ2n) is 2.73. The Morgan fingerprint density at radius 1 is 1.46 bits per heavy atom. The highest BCUT2D eigenvalue weighted by molar-refractivity contribution is 8.00. The van der Waals surface area contributed by atoms with Gasteiger partial charge in [0.05, 0.1) is 11.3 Å². The van der Waals surface area contributed by atoms with E-state index in [9.17, 15) is 9.59 Å². The van der Waals surface area contributed by atoms with Crippen LogP contribution >= 0.6 is 11.8 Å². The summed E-state index contributed by atoms with van der Waals surface area (Å²) >= 11 is 1.45.